The normalized spacial score (nSPS) is 14.8. The average Bonchev–Trinajstić information content (AvgIpc) is 2.68. The van der Waals surface area contributed by atoms with E-state index in [4.69, 9.17) is 0 Å². The van der Waals surface area contributed by atoms with E-state index in [-0.39, 0.29) is 11.6 Å². The molecule has 1 heterocycles. The predicted molar refractivity (Wildman–Crippen MR) is 105 cm³/mol. The number of benzene rings is 2. The Hall–Kier alpha value is -2.93. The summed E-state index contributed by atoms with van der Waals surface area (Å²) >= 11 is 0. The van der Waals surface area contributed by atoms with Gasteiger partial charge in [-0.15, -0.1) is 0 Å². The van der Waals surface area contributed by atoms with Crippen LogP contribution in [0.2, 0.25) is 0 Å². The van der Waals surface area contributed by atoms with Gasteiger partial charge in [-0.25, -0.2) is 0 Å². The first-order valence-electron chi connectivity index (χ1n) is 9.10. The number of rotatable bonds is 6. The third-order valence-corrected chi connectivity index (χ3v) is 4.86. The van der Waals surface area contributed by atoms with Gasteiger partial charge in [0.15, 0.2) is 0 Å². The largest absolute Gasteiger partial charge is 0.369 e. The van der Waals surface area contributed by atoms with Crippen LogP contribution >= 0.6 is 0 Å². The van der Waals surface area contributed by atoms with Crippen molar-refractivity contribution in [1.82, 2.24) is 10.2 Å². The summed E-state index contributed by atoms with van der Waals surface area (Å²) < 4.78 is 0. The van der Waals surface area contributed by atoms with Gasteiger partial charge in [-0.1, -0.05) is 18.2 Å². The number of nitro groups is 1. The molecule has 1 fully saturated rings. The summed E-state index contributed by atoms with van der Waals surface area (Å²) in [6.07, 6.45) is 0. The van der Waals surface area contributed by atoms with Gasteiger partial charge in [-0.05, 0) is 31.2 Å². The van der Waals surface area contributed by atoms with Crippen molar-refractivity contribution in [3.05, 3.63) is 69.8 Å². The van der Waals surface area contributed by atoms with Crippen LogP contribution < -0.4 is 10.2 Å². The average molecular weight is 368 g/mol. The molecule has 0 radical (unpaired) electrons. The maximum atomic E-state index is 12.2. The number of carbonyl (C=O) groups is 1. The summed E-state index contributed by atoms with van der Waals surface area (Å²) in [4.78, 5) is 27.4. The molecule has 0 bridgehead atoms. The van der Waals surface area contributed by atoms with Crippen LogP contribution in [-0.4, -0.2) is 55.0 Å². The highest BCUT2D eigenvalue weighted by Gasteiger charge is 2.17. The smallest absolute Gasteiger partial charge is 0.272 e. The van der Waals surface area contributed by atoms with Gasteiger partial charge in [0.05, 0.1) is 4.92 Å². The third-order valence-electron chi connectivity index (χ3n) is 4.86. The maximum Gasteiger partial charge on any atom is 0.272 e. The zero-order valence-electron chi connectivity index (χ0n) is 15.4. The summed E-state index contributed by atoms with van der Waals surface area (Å²) in [6, 6.07) is 14.8. The number of para-hydroxylation sites is 1. The molecule has 1 aliphatic rings. The number of nitro benzene ring substituents is 1. The number of hydrogen-bond donors (Lipinski definition) is 1. The van der Waals surface area contributed by atoms with Gasteiger partial charge < -0.3 is 10.2 Å². The van der Waals surface area contributed by atoms with E-state index in [0.717, 1.165) is 32.7 Å². The minimum atomic E-state index is -0.438. The van der Waals surface area contributed by atoms with E-state index in [1.54, 1.807) is 13.0 Å². The Morgan fingerprint density at radius 2 is 1.81 bits per heavy atom. The number of nitrogens with zero attached hydrogens (tertiary/aromatic N) is 3. The van der Waals surface area contributed by atoms with E-state index in [1.165, 1.54) is 17.8 Å². The molecule has 0 aromatic heterocycles. The van der Waals surface area contributed by atoms with E-state index in [9.17, 15) is 14.9 Å². The Balaban J connectivity index is 1.43. The Bertz CT molecular complexity index is 802. The van der Waals surface area contributed by atoms with E-state index < -0.39 is 4.92 Å². The van der Waals surface area contributed by atoms with Crippen LogP contribution in [0, 0.1) is 17.0 Å². The molecule has 7 nitrogen and oxygen atoms in total. The second-order valence-electron chi connectivity index (χ2n) is 6.68. The van der Waals surface area contributed by atoms with Gasteiger partial charge in [-0.2, -0.15) is 0 Å². The number of amides is 1. The van der Waals surface area contributed by atoms with Crippen molar-refractivity contribution >= 4 is 17.3 Å². The van der Waals surface area contributed by atoms with Gasteiger partial charge >= 0.3 is 0 Å². The molecule has 0 saturated carbocycles. The van der Waals surface area contributed by atoms with Crippen LogP contribution in [0.1, 0.15) is 15.9 Å². The number of aryl methyl sites for hydroxylation is 1. The van der Waals surface area contributed by atoms with Crippen molar-refractivity contribution in [3.8, 4) is 0 Å². The van der Waals surface area contributed by atoms with E-state index in [2.05, 4.69) is 39.4 Å². The van der Waals surface area contributed by atoms with E-state index in [1.807, 2.05) is 6.07 Å². The first kappa shape index (κ1) is 18.8. The van der Waals surface area contributed by atoms with Crippen LogP contribution in [0.4, 0.5) is 11.4 Å². The zero-order valence-corrected chi connectivity index (χ0v) is 15.4. The molecule has 0 spiro atoms. The van der Waals surface area contributed by atoms with Crippen molar-refractivity contribution in [1.29, 1.82) is 0 Å². The quantitative estimate of drug-likeness (QED) is 0.626. The molecule has 1 amide bonds. The molecular weight excluding hydrogens is 344 g/mol. The zero-order chi connectivity index (χ0) is 19.2. The van der Waals surface area contributed by atoms with Crippen LogP contribution in [0.15, 0.2) is 48.5 Å². The lowest BCUT2D eigenvalue weighted by Crippen LogP contribution is -2.48. The Morgan fingerprint density at radius 1 is 1.11 bits per heavy atom. The Morgan fingerprint density at radius 3 is 2.44 bits per heavy atom. The first-order valence-corrected chi connectivity index (χ1v) is 9.10. The van der Waals surface area contributed by atoms with Crippen molar-refractivity contribution in [2.24, 2.45) is 0 Å². The standard InChI is InChI=1S/C20H24N4O3/c1-16-15-17(7-8-19(16)24(26)27)20(25)21-9-10-22-11-13-23(14-12-22)18-5-3-2-4-6-18/h2-8,15H,9-14H2,1H3,(H,21,25). The highest BCUT2D eigenvalue weighted by Crippen LogP contribution is 2.19. The molecule has 0 unspecified atom stereocenters. The van der Waals surface area contributed by atoms with Crippen LogP contribution in [0.5, 0.6) is 0 Å². The maximum absolute atomic E-state index is 12.2. The lowest BCUT2D eigenvalue weighted by atomic mass is 10.1. The van der Waals surface area contributed by atoms with Gasteiger partial charge in [0, 0.05) is 62.1 Å². The summed E-state index contributed by atoms with van der Waals surface area (Å²) in [5, 5.41) is 13.8. The number of carbonyl (C=O) groups excluding carboxylic acids is 1. The first-order chi connectivity index (χ1) is 13.0. The van der Waals surface area contributed by atoms with E-state index in [0.29, 0.717) is 17.7 Å². The highest BCUT2D eigenvalue weighted by atomic mass is 16.6. The summed E-state index contributed by atoms with van der Waals surface area (Å²) in [5.41, 5.74) is 2.22. The molecular formula is C20H24N4O3. The van der Waals surface area contributed by atoms with Crippen LogP contribution in [-0.2, 0) is 0 Å². The van der Waals surface area contributed by atoms with Crippen LogP contribution in [0.3, 0.4) is 0 Å². The van der Waals surface area contributed by atoms with Gasteiger partial charge in [-0.3, -0.25) is 19.8 Å². The molecule has 7 heteroatoms. The SMILES string of the molecule is Cc1cc(C(=O)NCCN2CCN(c3ccccc3)CC2)ccc1[N+](=O)[O-]. The number of nitrogens with one attached hydrogen (secondary N) is 1. The van der Waals surface area contributed by atoms with E-state index >= 15 is 0 Å². The minimum Gasteiger partial charge on any atom is -0.369 e. The third kappa shape index (κ3) is 4.83. The van der Waals surface area contributed by atoms with Gasteiger partial charge in [0.2, 0.25) is 0 Å². The Kier molecular flexibility index (Phi) is 6.03. The summed E-state index contributed by atoms with van der Waals surface area (Å²) in [7, 11) is 0. The number of anilines is 1. The fraction of sp³-hybridized carbons (Fsp3) is 0.350. The highest BCUT2D eigenvalue weighted by molar-refractivity contribution is 5.94. The minimum absolute atomic E-state index is 0.0304. The second kappa shape index (κ2) is 8.64. The Labute approximate surface area is 158 Å². The van der Waals surface area contributed by atoms with Gasteiger partial charge in [0.1, 0.15) is 0 Å². The topological polar surface area (TPSA) is 78.7 Å². The molecule has 3 rings (SSSR count). The monoisotopic (exact) mass is 368 g/mol. The molecule has 1 N–H and O–H groups in total. The lowest BCUT2D eigenvalue weighted by molar-refractivity contribution is -0.385. The van der Waals surface area contributed by atoms with Crippen LogP contribution in [0.25, 0.3) is 0 Å². The molecule has 142 valence electrons. The number of hydrogen-bond acceptors (Lipinski definition) is 5. The molecule has 0 atom stereocenters. The fourth-order valence-electron chi connectivity index (χ4n) is 3.30. The number of piperazine rings is 1. The molecule has 1 aliphatic heterocycles. The second-order valence-corrected chi connectivity index (χ2v) is 6.68. The van der Waals surface area contributed by atoms with Gasteiger partial charge in [0.25, 0.3) is 11.6 Å². The van der Waals surface area contributed by atoms with Crippen molar-refractivity contribution in [2.45, 2.75) is 6.92 Å². The molecule has 1 saturated heterocycles. The molecule has 27 heavy (non-hydrogen) atoms. The summed E-state index contributed by atoms with van der Waals surface area (Å²) in [6.45, 7) is 6.85. The molecule has 2 aromatic rings. The fourth-order valence-corrected chi connectivity index (χ4v) is 3.30. The summed E-state index contributed by atoms with van der Waals surface area (Å²) in [5.74, 6) is -0.198. The van der Waals surface area contributed by atoms with Crippen molar-refractivity contribution in [3.63, 3.8) is 0 Å². The molecule has 2 aromatic carbocycles. The molecule has 0 aliphatic carbocycles. The van der Waals surface area contributed by atoms with Crippen molar-refractivity contribution in [2.75, 3.05) is 44.2 Å². The predicted octanol–water partition coefficient (Wildman–Crippen LogP) is 2.46. The van der Waals surface area contributed by atoms with Crippen molar-refractivity contribution < 1.29 is 9.72 Å². The lowest BCUT2D eigenvalue weighted by Gasteiger charge is -2.36.